The highest BCUT2D eigenvalue weighted by Gasteiger charge is 2.59. The number of pyridine rings is 1. The third kappa shape index (κ3) is 3.65. The van der Waals surface area contributed by atoms with Crippen molar-refractivity contribution in [2.45, 2.75) is 56.9 Å². The van der Waals surface area contributed by atoms with E-state index in [-0.39, 0.29) is 11.6 Å². The molecule has 0 radical (unpaired) electrons. The third-order valence-corrected chi connectivity index (χ3v) is 7.82. The SMILES string of the molecule is COC1CN([C@H]2C[C@@H]3[C@H](C2)[C@H]3c2cc(-c3cnc(N)c(OC(F)F)c3)nn2CC2CC2)C1. The number of fused-ring (bicyclic) bond motifs is 1. The van der Waals surface area contributed by atoms with Crippen molar-refractivity contribution in [3.05, 3.63) is 24.0 Å². The molecule has 6 rings (SSSR count). The minimum atomic E-state index is -2.94. The zero-order chi connectivity index (χ0) is 22.0. The number of anilines is 1. The Kier molecular flexibility index (Phi) is 4.87. The number of ether oxygens (including phenoxy) is 2. The first-order valence-corrected chi connectivity index (χ1v) is 11.6. The molecule has 3 heterocycles. The van der Waals surface area contributed by atoms with Crippen molar-refractivity contribution in [1.29, 1.82) is 0 Å². The molecule has 0 bridgehead atoms. The van der Waals surface area contributed by atoms with Gasteiger partial charge in [-0.05, 0) is 55.6 Å². The predicted octanol–water partition coefficient (Wildman–Crippen LogP) is 3.36. The van der Waals surface area contributed by atoms with Gasteiger partial charge in [0.15, 0.2) is 11.6 Å². The van der Waals surface area contributed by atoms with Gasteiger partial charge in [0.2, 0.25) is 0 Å². The molecule has 9 heteroatoms. The lowest BCUT2D eigenvalue weighted by atomic mass is 9.99. The number of nitrogens with zero attached hydrogens (tertiary/aromatic N) is 4. The number of aromatic nitrogens is 3. The minimum absolute atomic E-state index is 0.0452. The Bertz CT molecular complexity index is 992. The Morgan fingerprint density at radius 2 is 1.94 bits per heavy atom. The largest absolute Gasteiger partial charge is 0.431 e. The second-order valence-corrected chi connectivity index (χ2v) is 9.86. The van der Waals surface area contributed by atoms with Crippen LogP contribution in [0.1, 0.15) is 37.3 Å². The summed E-state index contributed by atoms with van der Waals surface area (Å²) >= 11 is 0. The molecule has 4 atom stereocenters. The van der Waals surface area contributed by atoms with Crippen molar-refractivity contribution in [1.82, 2.24) is 19.7 Å². The van der Waals surface area contributed by atoms with E-state index < -0.39 is 6.61 Å². The lowest BCUT2D eigenvalue weighted by Gasteiger charge is -2.43. The van der Waals surface area contributed by atoms with E-state index in [1.165, 1.54) is 37.4 Å². The first-order chi connectivity index (χ1) is 15.5. The van der Waals surface area contributed by atoms with Crippen LogP contribution in [0.2, 0.25) is 0 Å². The smallest absolute Gasteiger partial charge is 0.387 e. The van der Waals surface area contributed by atoms with Crippen LogP contribution >= 0.6 is 0 Å². The molecule has 2 N–H and O–H groups in total. The molecule has 172 valence electrons. The summed E-state index contributed by atoms with van der Waals surface area (Å²) in [6.07, 6.45) is 6.97. The lowest BCUT2D eigenvalue weighted by Crippen LogP contribution is -2.55. The van der Waals surface area contributed by atoms with Crippen LogP contribution in [0.25, 0.3) is 11.3 Å². The van der Waals surface area contributed by atoms with Crippen molar-refractivity contribution < 1.29 is 18.3 Å². The van der Waals surface area contributed by atoms with E-state index in [4.69, 9.17) is 15.6 Å². The molecule has 32 heavy (non-hydrogen) atoms. The van der Waals surface area contributed by atoms with Crippen LogP contribution in [-0.4, -0.2) is 58.6 Å². The van der Waals surface area contributed by atoms with Gasteiger partial charge in [-0.15, -0.1) is 0 Å². The van der Waals surface area contributed by atoms with Crippen LogP contribution in [0, 0.1) is 17.8 Å². The molecule has 0 unspecified atom stereocenters. The van der Waals surface area contributed by atoms with Crippen LogP contribution in [0.4, 0.5) is 14.6 Å². The topological polar surface area (TPSA) is 78.4 Å². The number of likely N-dealkylation sites (tertiary alicyclic amines) is 1. The fourth-order valence-corrected chi connectivity index (χ4v) is 5.78. The van der Waals surface area contributed by atoms with Crippen LogP contribution in [-0.2, 0) is 11.3 Å². The molecule has 1 aliphatic heterocycles. The van der Waals surface area contributed by atoms with Crippen molar-refractivity contribution >= 4 is 5.82 Å². The average molecular weight is 446 g/mol. The highest BCUT2D eigenvalue weighted by atomic mass is 19.3. The van der Waals surface area contributed by atoms with Gasteiger partial charge in [0.1, 0.15) is 0 Å². The second-order valence-electron chi connectivity index (χ2n) is 9.86. The molecule has 0 amide bonds. The van der Waals surface area contributed by atoms with Crippen molar-refractivity contribution in [2.24, 2.45) is 17.8 Å². The van der Waals surface area contributed by atoms with Gasteiger partial charge < -0.3 is 15.2 Å². The van der Waals surface area contributed by atoms with Gasteiger partial charge in [-0.1, -0.05) is 0 Å². The van der Waals surface area contributed by atoms with E-state index in [0.717, 1.165) is 25.3 Å². The quantitative estimate of drug-likeness (QED) is 0.671. The lowest BCUT2D eigenvalue weighted by molar-refractivity contribution is -0.0516. The standard InChI is InChI=1S/C23H29F2N5O2/c1-31-15-10-29(11-15)14-5-16-17(6-14)21(16)19-7-18(28-30(19)9-12-2-3-12)13-4-20(32-23(24)25)22(26)27-8-13/h4,7-8,12,14-17,21,23H,2-3,5-6,9-11H2,1H3,(H2,26,27)/t14-,16+,17-,21-. The Hall–Kier alpha value is -2.26. The van der Waals surface area contributed by atoms with Gasteiger partial charge >= 0.3 is 6.61 Å². The highest BCUT2D eigenvalue weighted by Crippen LogP contribution is 2.64. The first-order valence-electron chi connectivity index (χ1n) is 11.6. The zero-order valence-electron chi connectivity index (χ0n) is 18.2. The Morgan fingerprint density at radius 3 is 2.59 bits per heavy atom. The van der Waals surface area contributed by atoms with Gasteiger partial charge in [0, 0.05) is 56.2 Å². The number of alkyl halides is 2. The number of rotatable bonds is 8. The van der Waals surface area contributed by atoms with Gasteiger partial charge in [0.05, 0.1) is 11.8 Å². The number of hydrogen-bond donors (Lipinski definition) is 1. The molecule has 1 saturated heterocycles. The zero-order valence-corrected chi connectivity index (χ0v) is 18.2. The summed E-state index contributed by atoms with van der Waals surface area (Å²) in [6.45, 7) is 0.102. The molecule has 2 aromatic heterocycles. The molecular formula is C23H29F2N5O2. The molecule has 2 aromatic rings. The predicted molar refractivity (Wildman–Crippen MR) is 114 cm³/mol. The number of hydrogen-bond acceptors (Lipinski definition) is 6. The second kappa shape index (κ2) is 7.66. The first kappa shape index (κ1) is 20.4. The summed E-state index contributed by atoms with van der Waals surface area (Å²) < 4.78 is 37.6. The van der Waals surface area contributed by atoms with Gasteiger partial charge in [0.25, 0.3) is 0 Å². The molecule has 3 aliphatic carbocycles. The van der Waals surface area contributed by atoms with E-state index in [0.29, 0.717) is 41.4 Å². The maximum atomic E-state index is 12.7. The van der Waals surface area contributed by atoms with Crippen LogP contribution in [0.15, 0.2) is 18.3 Å². The van der Waals surface area contributed by atoms with E-state index in [1.54, 1.807) is 13.3 Å². The van der Waals surface area contributed by atoms with Crippen LogP contribution in [0.5, 0.6) is 5.75 Å². The maximum Gasteiger partial charge on any atom is 0.387 e. The number of nitrogen functional groups attached to an aromatic ring is 1. The molecule has 0 aromatic carbocycles. The van der Waals surface area contributed by atoms with Crippen LogP contribution < -0.4 is 10.5 Å². The number of methoxy groups -OCH3 is 1. The molecule has 0 spiro atoms. The van der Waals surface area contributed by atoms with Gasteiger partial charge in [-0.3, -0.25) is 9.58 Å². The highest BCUT2D eigenvalue weighted by molar-refractivity contribution is 5.64. The Morgan fingerprint density at radius 1 is 1.19 bits per heavy atom. The molecule has 7 nitrogen and oxygen atoms in total. The fourth-order valence-electron chi connectivity index (χ4n) is 5.78. The summed E-state index contributed by atoms with van der Waals surface area (Å²) in [5.41, 5.74) is 8.40. The van der Waals surface area contributed by atoms with Gasteiger partial charge in [-0.2, -0.15) is 13.9 Å². The monoisotopic (exact) mass is 445 g/mol. The molecule has 4 aliphatic rings. The number of nitrogens with two attached hydrogens (primary N) is 1. The van der Waals surface area contributed by atoms with Crippen molar-refractivity contribution in [3.8, 4) is 17.0 Å². The Labute approximate surface area is 185 Å². The Balaban J connectivity index is 1.21. The van der Waals surface area contributed by atoms with E-state index in [2.05, 4.69) is 25.4 Å². The summed E-state index contributed by atoms with van der Waals surface area (Å²) in [7, 11) is 1.79. The van der Waals surface area contributed by atoms with Crippen LogP contribution in [0.3, 0.4) is 0 Å². The minimum Gasteiger partial charge on any atom is -0.431 e. The van der Waals surface area contributed by atoms with Gasteiger partial charge in [-0.25, -0.2) is 4.98 Å². The fraction of sp³-hybridized carbons (Fsp3) is 0.652. The summed E-state index contributed by atoms with van der Waals surface area (Å²) in [5.74, 6) is 2.52. The summed E-state index contributed by atoms with van der Waals surface area (Å²) in [6, 6.07) is 4.33. The normalized spacial score (nSPS) is 29.9. The molecular weight excluding hydrogens is 416 g/mol. The third-order valence-electron chi connectivity index (χ3n) is 7.82. The van der Waals surface area contributed by atoms with Crippen molar-refractivity contribution in [2.75, 3.05) is 25.9 Å². The van der Waals surface area contributed by atoms with E-state index in [1.807, 2.05) is 0 Å². The van der Waals surface area contributed by atoms with E-state index in [9.17, 15) is 8.78 Å². The number of halogens is 2. The maximum absolute atomic E-state index is 12.7. The van der Waals surface area contributed by atoms with E-state index >= 15 is 0 Å². The summed E-state index contributed by atoms with van der Waals surface area (Å²) in [5, 5.41) is 4.87. The average Bonchev–Trinajstić information content (AvgIpc) is 3.57. The molecule has 3 saturated carbocycles. The summed E-state index contributed by atoms with van der Waals surface area (Å²) in [4.78, 5) is 6.62. The molecule has 4 fully saturated rings. The van der Waals surface area contributed by atoms with Crippen molar-refractivity contribution in [3.63, 3.8) is 0 Å².